The topological polar surface area (TPSA) is 9.23 Å². The van der Waals surface area contributed by atoms with Crippen LogP contribution in [-0.4, -0.2) is 11.5 Å². The first-order valence-electron chi connectivity index (χ1n) is 6.39. The molecule has 0 heterocycles. The summed E-state index contributed by atoms with van der Waals surface area (Å²) < 4.78 is 20.1. The molecule has 5 heteroatoms. The molecule has 106 valence electrons. The van der Waals surface area contributed by atoms with Gasteiger partial charge < -0.3 is 4.74 Å². The van der Waals surface area contributed by atoms with E-state index in [1.165, 1.54) is 12.1 Å². The number of alkyl halides is 1. The lowest BCUT2D eigenvalue weighted by molar-refractivity contribution is -0.0467. The van der Waals surface area contributed by atoms with Crippen LogP contribution in [0.1, 0.15) is 33.1 Å². The van der Waals surface area contributed by atoms with E-state index in [4.69, 9.17) is 27.9 Å². The Labute approximate surface area is 131 Å². The van der Waals surface area contributed by atoms with Gasteiger partial charge in [-0.05, 0) is 34.8 Å². The van der Waals surface area contributed by atoms with E-state index in [1.54, 1.807) is 0 Å². The first kappa shape index (κ1) is 15.4. The molecule has 0 spiro atoms. The van der Waals surface area contributed by atoms with Gasteiger partial charge in [-0.2, -0.15) is 0 Å². The monoisotopic (exact) mass is 368 g/mol. The molecule has 0 aromatic heterocycles. The van der Waals surface area contributed by atoms with Crippen molar-refractivity contribution >= 4 is 39.1 Å². The summed E-state index contributed by atoms with van der Waals surface area (Å²) in [7, 11) is 0. The van der Waals surface area contributed by atoms with Gasteiger partial charge in [0, 0.05) is 23.3 Å². The van der Waals surface area contributed by atoms with Gasteiger partial charge >= 0.3 is 0 Å². The maximum atomic E-state index is 13.5. The molecule has 2 unspecified atom stereocenters. The Morgan fingerprint density at radius 3 is 2.58 bits per heavy atom. The summed E-state index contributed by atoms with van der Waals surface area (Å²) in [4.78, 5) is 0. The standard InChI is InChI=1S/C14H16BrCl2FO/c1-3-14(4-2)12(17)7-13(14)19-11-6-10(18)9(16)5-8(11)15/h5-6,12-13H,3-4,7H2,1-2H3. The number of ether oxygens (including phenoxy) is 1. The highest BCUT2D eigenvalue weighted by atomic mass is 79.9. The molecule has 0 amide bonds. The minimum Gasteiger partial charge on any atom is -0.488 e. The Bertz CT molecular complexity index is 477. The number of hydrogen-bond donors (Lipinski definition) is 0. The van der Waals surface area contributed by atoms with Crippen molar-refractivity contribution in [2.75, 3.05) is 0 Å². The van der Waals surface area contributed by atoms with Gasteiger partial charge in [0.15, 0.2) is 0 Å². The Morgan fingerprint density at radius 2 is 2.05 bits per heavy atom. The Hall–Kier alpha value is 0.01000. The Kier molecular flexibility index (Phi) is 4.69. The van der Waals surface area contributed by atoms with Crippen LogP contribution in [-0.2, 0) is 0 Å². The van der Waals surface area contributed by atoms with Gasteiger partial charge in [-0.15, -0.1) is 11.6 Å². The molecule has 1 aromatic rings. The molecular formula is C14H16BrCl2FO. The zero-order chi connectivity index (χ0) is 14.2. The third-order valence-corrected chi connectivity index (χ3v) is 5.77. The van der Waals surface area contributed by atoms with Crippen molar-refractivity contribution in [1.82, 2.24) is 0 Å². The molecule has 1 aliphatic carbocycles. The van der Waals surface area contributed by atoms with Crippen molar-refractivity contribution in [3.63, 3.8) is 0 Å². The van der Waals surface area contributed by atoms with Crippen molar-refractivity contribution in [2.45, 2.75) is 44.6 Å². The number of benzene rings is 1. The zero-order valence-corrected chi connectivity index (χ0v) is 13.9. The second-order valence-corrected chi connectivity index (χ2v) is 6.74. The smallest absolute Gasteiger partial charge is 0.145 e. The molecule has 0 bridgehead atoms. The highest BCUT2D eigenvalue weighted by molar-refractivity contribution is 9.10. The molecule has 2 atom stereocenters. The Morgan fingerprint density at radius 1 is 1.42 bits per heavy atom. The maximum absolute atomic E-state index is 13.5. The normalized spacial score (nSPS) is 24.9. The quantitative estimate of drug-likeness (QED) is 0.480. The van der Waals surface area contributed by atoms with E-state index in [9.17, 15) is 4.39 Å². The fourth-order valence-electron chi connectivity index (χ4n) is 2.76. The molecule has 1 aliphatic rings. The van der Waals surface area contributed by atoms with Gasteiger partial charge in [-0.3, -0.25) is 0 Å². The van der Waals surface area contributed by atoms with Crippen LogP contribution in [0.5, 0.6) is 5.75 Å². The first-order valence-corrected chi connectivity index (χ1v) is 8.00. The molecule has 0 aliphatic heterocycles. The summed E-state index contributed by atoms with van der Waals surface area (Å²) in [6, 6.07) is 2.84. The average Bonchev–Trinajstić information content (AvgIpc) is 2.36. The van der Waals surface area contributed by atoms with Crippen molar-refractivity contribution in [3.05, 3.63) is 27.4 Å². The molecule has 2 rings (SSSR count). The zero-order valence-electron chi connectivity index (χ0n) is 10.9. The molecule has 0 radical (unpaired) electrons. The van der Waals surface area contributed by atoms with Gasteiger partial charge in [0.1, 0.15) is 17.7 Å². The summed E-state index contributed by atoms with van der Waals surface area (Å²) in [6.07, 6.45) is 2.73. The molecule has 1 saturated carbocycles. The van der Waals surface area contributed by atoms with E-state index in [1.807, 2.05) is 0 Å². The van der Waals surface area contributed by atoms with Gasteiger partial charge in [-0.25, -0.2) is 4.39 Å². The van der Waals surface area contributed by atoms with Crippen LogP contribution < -0.4 is 4.74 Å². The van der Waals surface area contributed by atoms with Crippen molar-refractivity contribution in [3.8, 4) is 5.75 Å². The van der Waals surface area contributed by atoms with Gasteiger partial charge in [0.25, 0.3) is 0 Å². The molecule has 1 aromatic carbocycles. The average molecular weight is 370 g/mol. The summed E-state index contributed by atoms with van der Waals surface area (Å²) >= 11 is 15.4. The van der Waals surface area contributed by atoms with Crippen LogP contribution in [0.3, 0.4) is 0 Å². The minimum absolute atomic E-state index is 0.0168. The van der Waals surface area contributed by atoms with E-state index in [0.29, 0.717) is 10.2 Å². The third kappa shape index (κ3) is 2.62. The van der Waals surface area contributed by atoms with Crippen LogP contribution in [0.25, 0.3) is 0 Å². The lowest BCUT2D eigenvalue weighted by Gasteiger charge is -2.52. The van der Waals surface area contributed by atoms with Crippen LogP contribution in [0.2, 0.25) is 5.02 Å². The minimum atomic E-state index is -0.472. The fraction of sp³-hybridized carbons (Fsp3) is 0.571. The van der Waals surface area contributed by atoms with Gasteiger partial charge in [-0.1, -0.05) is 25.4 Å². The summed E-state index contributed by atoms with van der Waals surface area (Å²) in [5.41, 5.74) is -0.0168. The number of rotatable bonds is 4. The van der Waals surface area contributed by atoms with Crippen LogP contribution in [0.4, 0.5) is 4.39 Å². The van der Waals surface area contributed by atoms with Crippen molar-refractivity contribution in [1.29, 1.82) is 0 Å². The summed E-state index contributed by atoms with van der Waals surface area (Å²) in [6.45, 7) is 4.23. The van der Waals surface area contributed by atoms with Crippen LogP contribution in [0.15, 0.2) is 16.6 Å². The highest BCUT2D eigenvalue weighted by Gasteiger charge is 2.53. The Balaban J connectivity index is 2.21. The van der Waals surface area contributed by atoms with Crippen molar-refractivity contribution in [2.24, 2.45) is 5.41 Å². The van der Waals surface area contributed by atoms with Crippen LogP contribution >= 0.6 is 39.1 Å². The predicted octanol–water partition coefficient (Wildman–Crippen LogP) is 5.81. The SMILES string of the molecule is CCC1(CC)C(Cl)CC1Oc1cc(F)c(Cl)cc1Br. The number of halogens is 4. The second kappa shape index (κ2) is 5.79. The molecular weight excluding hydrogens is 354 g/mol. The van der Waals surface area contributed by atoms with Gasteiger partial charge in [0.2, 0.25) is 0 Å². The highest BCUT2D eigenvalue weighted by Crippen LogP contribution is 2.52. The van der Waals surface area contributed by atoms with E-state index in [2.05, 4.69) is 29.8 Å². The molecule has 1 nitrogen and oxygen atoms in total. The third-order valence-electron chi connectivity index (χ3n) is 4.25. The molecule has 1 fully saturated rings. The molecule has 19 heavy (non-hydrogen) atoms. The first-order chi connectivity index (χ1) is 8.94. The lowest BCUT2D eigenvalue weighted by atomic mass is 9.62. The van der Waals surface area contributed by atoms with E-state index in [0.717, 1.165) is 19.3 Å². The molecule has 0 saturated heterocycles. The summed E-state index contributed by atoms with van der Waals surface area (Å²) in [5.74, 6) is 0.0157. The summed E-state index contributed by atoms with van der Waals surface area (Å²) in [5, 5.41) is 0.212. The van der Waals surface area contributed by atoms with E-state index >= 15 is 0 Å². The second-order valence-electron chi connectivity index (χ2n) is 4.95. The van der Waals surface area contributed by atoms with Gasteiger partial charge in [0.05, 0.1) is 9.50 Å². The molecule has 0 N–H and O–H groups in total. The van der Waals surface area contributed by atoms with Crippen LogP contribution in [0, 0.1) is 11.2 Å². The van der Waals surface area contributed by atoms with Crippen molar-refractivity contribution < 1.29 is 9.13 Å². The fourth-order valence-corrected chi connectivity index (χ4v) is 4.10. The van der Waals surface area contributed by atoms with E-state index < -0.39 is 5.82 Å². The maximum Gasteiger partial charge on any atom is 0.145 e. The lowest BCUT2D eigenvalue weighted by Crippen LogP contribution is -2.56. The largest absolute Gasteiger partial charge is 0.488 e. The predicted molar refractivity (Wildman–Crippen MR) is 80.8 cm³/mol. The van der Waals surface area contributed by atoms with E-state index in [-0.39, 0.29) is 21.9 Å². The number of hydrogen-bond acceptors (Lipinski definition) is 1.